The van der Waals surface area contributed by atoms with E-state index >= 15 is 0 Å². The van der Waals surface area contributed by atoms with E-state index in [0.29, 0.717) is 4.57 Å². The summed E-state index contributed by atoms with van der Waals surface area (Å²) in [5.41, 5.74) is -1.45. The number of hydrogen-bond donors (Lipinski definition) is 0. The van der Waals surface area contributed by atoms with Gasteiger partial charge in [0.15, 0.2) is 0 Å². The van der Waals surface area contributed by atoms with Crippen LogP contribution in [0.4, 0.5) is 0 Å². The van der Waals surface area contributed by atoms with Gasteiger partial charge in [0.1, 0.15) is 0 Å². The Morgan fingerprint density at radius 2 is 1.67 bits per heavy atom. The van der Waals surface area contributed by atoms with Crippen molar-refractivity contribution in [1.82, 2.24) is 9.13 Å². The number of aryl methyl sites for hydroxylation is 1. The molecule has 0 saturated carbocycles. The summed E-state index contributed by atoms with van der Waals surface area (Å²) in [5.74, 6) is -1.25. The Kier molecular flexibility index (Phi) is 2.69. The summed E-state index contributed by atoms with van der Waals surface area (Å²) in [4.78, 5) is 45.0. The van der Waals surface area contributed by atoms with Crippen molar-refractivity contribution in [3.63, 3.8) is 0 Å². The maximum absolute atomic E-state index is 11.5. The third kappa shape index (κ3) is 1.78. The van der Waals surface area contributed by atoms with Crippen molar-refractivity contribution in [2.45, 2.75) is 20.8 Å². The Hall–Kier alpha value is -1.98. The van der Waals surface area contributed by atoms with E-state index in [0.717, 1.165) is 17.7 Å². The lowest BCUT2D eigenvalue weighted by Crippen LogP contribution is -2.44. The van der Waals surface area contributed by atoms with Crippen LogP contribution in [0.25, 0.3) is 0 Å². The number of nitrogens with zero attached hydrogens (tertiary/aromatic N) is 2. The first-order valence-electron chi connectivity index (χ1n) is 4.23. The summed E-state index contributed by atoms with van der Waals surface area (Å²) in [6, 6.07) is 0. The molecular formula is C9H10N2O4. The molecule has 0 spiro atoms. The minimum atomic E-state index is -0.925. The smallest absolute Gasteiger partial charge is 0.274 e. The highest BCUT2D eigenvalue weighted by molar-refractivity contribution is 5.78. The monoisotopic (exact) mass is 210 g/mol. The van der Waals surface area contributed by atoms with Gasteiger partial charge in [-0.15, -0.1) is 0 Å². The molecule has 0 aliphatic rings. The van der Waals surface area contributed by atoms with E-state index in [1.54, 1.807) is 0 Å². The molecule has 6 heteroatoms. The molecular weight excluding hydrogens is 200 g/mol. The molecule has 0 atom stereocenters. The van der Waals surface area contributed by atoms with Gasteiger partial charge in [0.2, 0.25) is 11.8 Å². The van der Waals surface area contributed by atoms with E-state index in [1.165, 1.54) is 13.8 Å². The van der Waals surface area contributed by atoms with Crippen molar-refractivity contribution in [2.75, 3.05) is 0 Å². The van der Waals surface area contributed by atoms with Crippen molar-refractivity contribution in [2.24, 2.45) is 0 Å². The number of hydrogen-bond acceptors (Lipinski definition) is 4. The summed E-state index contributed by atoms with van der Waals surface area (Å²) >= 11 is 0. The molecule has 0 radical (unpaired) electrons. The zero-order chi connectivity index (χ0) is 11.7. The lowest BCUT2D eigenvalue weighted by atomic mass is 10.3. The van der Waals surface area contributed by atoms with Crippen LogP contribution in [0.3, 0.4) is 0 Å². The average molecular weight is 210 g/mol. The minimum Gasteiger partial charge on any atom is -0.274 e. The fourth-order valence-electron chi connectivity index (χ4n) is 1.18. The van der Waals surface area contributed by atoms with Gasteiger partial charge in [0.25, 0.3) is 5.56 Å². The van der Waals surface area contributed by atoms with Gasteiger partial charge in [-0.1, -0.05) is 0 Å². The first-order chi connectivity index (χ1) is 6.86. The third-order valence-electron chi connectivity index (χ3n) is 1.91. The molecule has 0 unspecified atom stereocenters. The SMILES string of the molecule is CC(=O)n1cc(C)c(=O)n(C(C)=O)c1=O. The second-order valence-electron chi connectivity index (χ2n) is 3.14. The number of carbonyl (C=O) groups excluding carboxylic acids is 2. The van der Waals surface area contributed by atoms with Crippen molar-refractivity contribution in [3.8, 4) is 0 Å². The molecule has 0 amide bonds. The standard InChI is InChI=1S/C9H10N2O4/c1-5-4-10(6(2)12)9(15)11(7(3)13)8(5)14/h4H,1-3H3. The molecule has 0 aliphatic heterocycles. The summed E-state index contributed by atoms with van der Waals surface area (Å²) in [5, 5.41) is 0. The van der Waals surface area contributed by atoms with E-state index < -0.39 is 23.1 Å². The molecule has 0 N–H and O–H groups in total. The van der Waals surface area contributed by atoms with Crippen molar-refractivity contribution in [3.05, 3.63) is 32.6 Å². The molecule has 15 heavy (non-hydrogen) atoms. The normalized spacial score (nSPS) is 10.1. The molecule has 1 rings (SSSR count). The van der Waals surface area contributed by atoms with Crippen LogP contribution in [-0.2, 0) is 0 Å². The van der Waals surface area contributed by atoms with Crippen LogP contribution in [-0.4, -0.2) is 20.9 Å². The van der Waals surface area contributed by atoms with Gasteiger partial charge in [-0.25, -0.2) is 9.36 Å². The Labute approximate surface area is 84.8 Å². The zero-order valence-electron chi connectivity index (χ0n) is 8.60. The Morgan fingerprint density at radius 1 is 1.13 bits per heavy atom. The lowest BCUT2D eigenvalue weighted by molar-refractivity contribution is 0.0906. The van der Waals surface area contributed by atoms with Crippen LogP contribution in [0.2, 0.25) is 0 Å². The molecule has 0 aliphatic carbocycles. The van der Waals surface area contributed by atoms with E-state index in [1.807, 2.05) is 0 Å². The first kappa shape index (κ1) is 11.1. The largest absolute Gasteiger partial charge is 0.344 e. The van der Waals surface area contributed by atoms with Gasteiger partial charge in [0, 0.05) is 25.6 Å². The molecule has 6 nitrogen and oxygen atoms in total. The highest BCUT2D eigenvalue weighted by Gasteiger charge is 2.13. The summed E-state index contributed by atoms with van der Waals surface area (Å²) < 4.78 is 1.18. The van der Waals surface area contributed by atoms with Crippen LogP contribution in [0.15, 0.2) is 15.8 Å². The van der Waals surface area contributed by atoms with Gasteiger partial charge in [0.05, 0.1) is 0 Å². The molecule has 80 valence electrons. The van der Waals surface area contributed by atoms with Crippen molar-refractivity contribution >= 4 is 11.8 Å². The van der Waals surface area contributed by atoms with Crippen LogP contribution >= 0.6 is 0 Å². The van der Waals surface area contributed by atoms with E-state index in [4.69, 9.17) is 0 Å². The fourth-order valence-corrected chi connectivity index (χ4v) is 1.18. The highest BCUT2D eigenvalue weighted by Crippen LogP contribution is 1.86. The van der Waals surface area contributed by atoms with E-state index in [9.17, 15) is 19.2 Å². The Bertz CT molecular complexity index is 550. The second-order valence-corrected chi connectivity index (χ2v) is 3.14. The summed E-state index contributed by atoms with van der Waals surface area (Å²) in [6.45, 7) is 3.70. The van der Waals surface area contributed by atoms with Gasteiger partial charge < -0.3 is 0 Å². The van der Waals surface area contributed by atoms with Gasteiger partial charge >= 0.3 is 5.69 Å². The molecule has 0 bridgehead atoms. The maximum atomic E-state index is 11.5. The average Bonchev–Trinajstić information content (AvgIpc) is 2.10. The predicted molar refractivity (Wildman–Crippen MR) is 52.3 cm³/mol. The maximum Gasteiger partial charge on any atom is 0.344 e. The van der Waals surface area contributed by atoms with Gasteiger partial charge in [-0.05, 0) is 6.92 Å². The van der Waals surface area contributed by atoms with Crippen LogP contribution < -0.4 is 11.2 Å². The van der Waals surface area contributed by atoms with Gasteiger partial charge in [-0.2, -0.15) is 4.57 Å². The van der Waals surface area contributed by atoms with E-state index in [-0.39, 0.29) is 5.56 Å². The van der Waals surface area contributed by atoms with Crippen molar-refractivity contribution < 1.29 is 9.59 Å². The van der Waals surface area contributed by atoms with Crippen molar-refractivity contribution in [1.29, 1.82) is 0 Å². The quantitative estimate of drug-likeness (QED) is 0.585. The van der Waals surface area contributed by atoms with Crippen LogP contribution in [0, 0.1) is 6.92 Å². The molecule has 1 heterocycles. The zero-order valence-corrected chi connectivity index (χ0v) is 8.60. The van der Waals surface area contributed by atoms with E-state index in [2.05, 4.69) is 0 Å². The molecule has 0 aromatic carbocycles. The Morgan fingerprint density at radius 3 is 2.07 bits per heavy atom. The summed E-state index contributed by atoms with van der Waals surface area (Å²) in [7, 11) is 0. The number of rotatable bonds is 0. The number of aromatic nitrogens is 2. The lowest BCUT2D eigenvalue weighted by Gasteiger charge is -2.05. The highest BCUT2D eigenvalue weighted by atomic mass is 16.2. The molecule has 0 saturated heterocycles. The first-order valence-corrected chi connectivity index (χ1v) is 4.23. The second kappa shape index (κ2) is 3.64. The third-order valence-corrected chi connectivity index (χ3v) is 1.91. The predicted octanol–water partition coefficient (Wildman–Crippen LogP) is -0.361. The summed E-state index contributed by atoms with van der Waals surface area (Å²) in [6.07, 6.45) is 1.13. The molecule has 0 fully saturated rings. The Balaban J connectivity index is 3.80. The van der Waals surface area contributed by atoms with Gasteiger partial charge in [-0.3, -0.25) is 14.4 Å². The molecule has 1 aromatic heterocycles. The number of carbonyl (C=O) groups is 2. The van der Waals surface area contributed by atoms with Crippen LogP contribution in [0.1, 0.15) is 29.0 Å². The molecule has 1 aromatic rings. The minimum absolute atomic E-state index is 0.167. The van der Waals surface area contributed by atoms with Crippen LogP contribution in [0.5, 0.6) is 0 Å². The fraction of sp³-hybridized carbons (Fsp3) is 0.333. The topological polar surface area (TPSA) is 78.1 Å².